The highest BCUT2D eigenvalue weighted by Gasteiger charge is 2.54. The second-order valence-corrected chi connectivity index (χ2v) is 4.14. The van der Waals surface area contributed by atoms with Crippen molar-refractivity contribution >= 4 is 11.6 Å². The standard InChI is InChI=1S/C11H12F4N2O/c1-6-3-4-7(12)8(5-6)17-9(18)10(2,16)11(13,14)15/h3-5H,16H2,1-2H3,(H,17,18). The largest absolute Gasteiger partial charge is 0.415 e. The lowest BCUT2D eigenvalue weighted by Gasteiger charge is -2.26. The number of halogens is 4. The van der Waals surface area contributed by atoms with Gasteiger partial charge in [0.2, 0.25) is 0 Å². The van der Waals surface area contributed by atoms with Crippen LogP contribution in [-0.4, -0.2) is 17.6 Å². The number of alkyl halides is 3. The summed E-state index contributed by atoms with van der Waals surface area (Å²) in [6, 6.07) is 3.70. The van der Waals surface area contributed by atoms with Gasteiger partial charge in [0.1, 0.15) is 5.82 Å². The molecule has 100 valence electrons. The molecule has 7 heteroatoms. The van der Waals surface area contributed by atoms with Gasteiger partial charge in [-0.05, 0) is 31.5 Å². The zero-order chi connectivity index (χ0) is 14.1. The highest BCUT2D eigenvalue weighted by atomic mass is 19.4. The van der Waals surface area contributed by atoms with Crippen LogP contribution in [0.1, 0.15) is 12.5 Å². The van der Waals surface area contributed by atoms with E-state index in [2.05, 4.69) is 0 Å². The van der Waals surface area contributed by atoms with Crippen molar-refractivity contribution in [2.45, 2.75) is 25.6 Å². The Kier molecular flexibility index (Phi) is 3.66. The third-order valence-corrected chi connectivity index (χ3v) is 2.43. The van der Waals surface area contributed by atoms with E-state index >= 15 is 0 Å². The summed E-state index contributed by atoms with van der Waals surface area (Å²) in [4.78, 5) is 11.4. The number of carbonyl (C=O) groups excluding carboxylic acids is 1. The van der Waals surface area contributed by atoms with Gasteiger partial charge in [0.25, 0.3) is 5.91 Å². The number of nitrogens with two attached hydrogens (primary N) is 1. The van der Waals surface area contributed by atoms with Crippen LogP contribution in [0.15, 0.2) is 18.2 Å². The summed E-state index contributed by atoms with van der Waals surface area (Å²) in [5, 5.41) is 1.84. The molecule has 0 spiro atoms. The Bertz CT molecular complexity index is 469. The van der Waals surface area contributed by atoms with E-state index < -0.39 is 23.4 Å². The van der Waals surface area contributed by atoms with Crippen LogP contribution in [0, 0.1) is 12.7 Å². The molecule has 0 aliphatic heterocycles. The number of hydrogen-bond donors (Lipinski definition) is 2. The van der Waals surface area contributed by atoms with Crippen LogP contribution in [0.25, 0.3) is 0 Å². The summed E-state index contributed by atoms with van der Waals surface area (Å²) >= 11 is 0. The minimum absolute atomic E-state index is 0.332. The Hall–Kier alpha value is -1.63. The lowest BCUT2D eigenvalue weighted by atomic mass is 10.0. The fourth-order valence-electron chi connectivity index (χ4n) is 1.12. The zero-order valence-corrected chi connectivity index (χ0v) is 9.73. The van der Waals surface area contributed by atoms with Gasteiger partial charge in [-0.3, -0.25) is 4.79 Å². The second-order valence-electron chi connectivity index (χ2n) is 4.14. The minimum atomic E-state index is -4.92. The molecule has 1 aromatic rings. The lowest BCUT2D eigenvalue weighted by Crippen LogP contribution is -2.59. The zero-order valence-electron chi connectivity index (χ0n) is 9.73. The highest BCUT2D eigenvalue weighted by Crippen LogP contribution is 2.29. The van der Waals surface area contributed by atoms with Crippen molar-refractivity contribution in [1.82, 2.24) is 0 Å². The number of anilines is 1. The molecule has 1 aromatic carbocycles. The third kappa shape index (κ3) is 2.79. The summed E-state index contributed by atoms with van der Waals surface area (Å²) in [6.07, 6.45) is -4.92. The number of benzene rings is 1. The quantitative estimate of drug-likeness (QED) is 0.806. The Morgan fingerprint density at radius 1 is 1.33 bits per heavy atom. The van der Waals surface area contributed by atoms with Crippen molar-refractivity contribution in [2.75, 3.05) is 5.32 Å². The molecular weight excluding hydrogens is 252 g/mol. The van der Waals surface area contributed by atoms with E-state index in [1.165, 1.54) is 12.1 Å². The molecule has 0 aromatic heterocycles. The van der Waals surface area contributed by atoms with Crippen LogP contribution in [0.3, 0.4) is 0 Å². The molecule has 0 saturated carbocycles. The number of rotatable bonds is 2. The van der Waals surface area contributed by atoms with E-state index in [4.69, 9.17) is 5.73 Å². The average molecular weight is 264 g/mol. The Balaban J connectivity index is 2.98. The van der Waals surface area contributed by atoms with Gasteiger partial charge in [0.05, 0.1) is 5.69 Å². The molecule has 0 bridgehead atoms. The van der Waals surface area contributed by atoms with Gasteiger partial charge in [-0.15, -0.1) is 0 Å². The topological polar surface area (TPSA) is 55.1 Å². The highest BCUT2D eigenvalue weighted by molar-refractivity contribution is 5.98. The van der Waals surface area contributed by atoms with Gasteiger partial charge in [0.15, 0.2) is 5.54 Å². The summed E-state index contributed by atoms with van der Waals surface area (Å²) in [7, 11) is 0. The predicted octanol–water partition coefficient (Wildman–Crippen LogP) is 2.35. The molecular formula is C11H12F4N2O. The van der Waals surface area contributed by atoms with Crippen LogP contribution in [0.4, 0.5) is 23.2 Å². The van der Waals surface area contributed by atoms with Crippen LogP contribution < -0.4 is 11.1 Å². The number of amides is 1. The summed E-state index contributed by atoms with van der Waals surface area (Å²) in [6.45, 7) is 2.14. The van der Waals surface area contributed by atoms with Crippen molar-refractivity contribution in [3.8, 4) is 0 Å². The van der Waals surface area contributed by atoms with Gasteiger partial charge < -0.3 is 11.1 Å². The second kappa shape index (κ2) is 4.56. The van der Waals surface area contributed by atoms with E-state index in [0.29, 0.717) is 12.5 Å². The minimum Gasteiger partial charge on any atom is -0.322 e. The van der Waals surface area contributed by atoms with Crippen molar-refractivity contribution in [3.63, 3.8) is 0 Å². The molecule has 0 radical (unpaired) electrons. The van der Waals surface area contributed by atoms with Gasteiger partial charge in [0, 0.05) is 0 Å². The predicted molar refractivity (Wildman–Crippen MR) is 58.4 cm³/mol. The lowest BCUT2D eigenvalue weighted by molar-refractivity contribution is -0.184. The molecule has 1 atom stereocenters. The van der Waals surface area contributed by atoms with E-state index in [1.54, 1.807) is 6.92 Å². The first-order valence-corrected chi connectivity index (χ1v) is 4.99. The first-order valence-electron chi connectivity index (χ1n) is 4.99. The van der Waals surface area contributed by atoms with E-state index in [9.17, 15) is 22.4 Å². The monoisotopic (exact) mass is 264 g/mol. The van der Waals surface area contributed by atoms with E-state index in [1.807, 2.05) is 5.32 Å². The van der Waals surface area contributed by atoms with Crippen LogP contribution in [0.5, 0.6) is 0 Å². The van der Waals surface area contributed by atoms with Crippen LogP contribution in [-0.2, 0) is 4.79 Å². The SMILES string of the molecule is Cc1ccc(F)c(NC(=O)C(C)(N)C(F)(F)F)c1. The van der Waals surface area contributed by atoms with Gasteiger partial charge >= 0.3 is 6.18 Å². The molecule has 0 aliphatic rings. The first-order chi connectivity index (χ1) is 8.05. The number of nitrogens with one attached hydrogen (secondary N) is 1. The van der Waals surface area contributed by atoms with E-state index in [0.717, 1.165) is 6.07 Å². The molecule has 1 rings (SSSR count). The van der Waals surface area contributed by atoms with Crippen LogP contribution >= 0.6 is 0 Å². The van der Waals surface area contributed by atoms with Crippen LogP contribution in [0.2, 0.25) is 0 Å². The smallest absolute Gasteiger partial charge is 0.322 e. The summed E-state index contributed by atoms with van der Waals surface area (Å²) in [5.41, 5.74) is 2.10. The maximum atomic E-state index is 13.3. The molecule has 3 N–H and O–H groups in total. The molecule has 0 heterocycles. The average Bonchev–Trinajstić information content (AvgIpc) is 2.21. The number of carbonyl (C=O) groups is 1. The normalized spacial score (nSPS) is 15.1. The first kappa shape index (κ1) is 14.4. The fourth-order valence-corrected chi connectivity index (χ4v) is 1.12. The number of hydrogen-bond acceptors (Lipinski definition) is 2. The molecule has 1 amide bonds. The summed E-state index contributed by atoms with van der Waals surface area (Å²) < 4.78 is 50.7. The van der Waals surface area contributed by atoms with Crippen molar-refractivity contribution in [3.05, 3.63) is 29.6 Å². The Morgan fingerprint density at radius 3 is 2.39 bits per heavy atom. The summed E-state index contributed by atoms with van der Waals surface area (Å²) in [5.74, 6) is -2.34. The number of aryl methyl sites for hydroxylation is 1. The Labute approximate surface area is 101 Å². The third-order valence-electron chi connectivity index (χ3n) is 2.43. The molecule has 0 fully saturated rings. The van der Waals surface area contributed by atoms with Gasteiger partial charge in [-0.2, -0.15) is 13.2 Å². The molecule has 18 heavy (non-hydrogen) atoms. The Morgan fingerprint density at radius 2 is 1.89 bits per heavy atom. The van der Waals surface area contributed by atoms with Crippen molar-refractivity contribution < 1.29 is 22.4 Å². The van der Waals surface area contributed by atoms with Gasteiger partial charge in [-0.25, -0.2) is 4.39 Å². The maximum absolute atomic E-state index is 13.3. The molecule has 3 nitrogen and oxygen atoms in total. The fraction of sp³-hybridized carbons (Fsp3) is 0.364. The maximum Gasteiger partial charge on any atom is 0.415 e. The van der Waals surface area contributed by atoms with Gasteiger partial charge in [-0.1, -0.05) is 6.07 Å². The van der Waals surface area contributed by atoms with Crippen molar-refractivity contribution in [1.29, 1.82) is 0 Å². The molecule has 1 unspecified atom stereocenters. The molecule has 0 saturated heterocycles. The molecule has 0 aliphatic carbocycles. The van der Waals surface area contributed by atoms with E-state index in [-0.39, 0.29) is 5.69 Å². The van der Waals surface area contributed by atoms with Crippen molar-refractivity contribution in [2.24, 2.45) is 5.73 Å².